The van der Waals surface area contributed by atoms with Gasteiger partial charge in [0.05, 0.1) is 16.1 Å². The van der Waals surface area contributed by atoms with E-state index < -0.39 is 22.7 Å². The lowest BCUT2D eigenvalue weighted by molar-refractivity contribution is -0.137. The summed E-state index contributed by atoms with van der Waals surface area (Å²) in [5, 5.41) is 1.98. The summed E-state index contributed by atoms with van der Waals surface area (Å²) < 4.78 is 53.1. The molecule has 0 bridgehead atoms. The van der Waals surface area contributed by atoms with Gasteiger partial charge in [-0.2, -0.15) is 13.2 Å². The third-order valence-corrected chi connectivity index (χ3v) is 6.13. The van der Waals surface area contributed by atoms with Crippen LogP contribution in [0.15, 0.2) is 36.4 Å². The quantitative estimate of drug-likeness (QED) is 0.584. The maximum atomic E-state index is 14.0. The Hall–Kier alpha value is -2.28. The molecule has 1 saturated heterocycles. The number of carbonyl (C=O) groups is 1. The third-order valence-electron chi connectivity index (χ3n) is 5.72. The van der Waals surface area contributed by atoms with Crippen LogP contribution in [0.1, 0.15) is 48.2 Å². The zero-order valence-corrected chi connectivity index (χ0v) is 17.4. The first-order valence-corrected chi connectivity index (χ1v) is 10.2. The summed E-state index contributed by atoms with van der Waals surface area (Å²) >= 11 is 5.84. The second-order valence-electron chi connectivity index (χ2n) is 7.67. The van der Waals surface area contributed by atoms with Crippen molar-refractivity contribution in [3.05, 3.63) is 63.9 Å². The molecule has 0 aromatic heterocycles. The number of piperidine rings is 1. The fraction of sp³-hybridized carbons (Fsp3) is 0.409. The van der Waals surface area contributed by atoms with Crippen molar-refractivity contribution >= 4 is 23.2 Å². The normalized spacial score (nSPS) is 19.6. The highest BCUT2D eigenvalue weighted by atomic mass is 35.5. The van der Waals surface area contributed by atoms with Crippen LogP contribution in [-0.4, -0.2) is 18.5 Å². The molecule has 2 aromatic rings. The predicted molar refractivity (Wildman–Crippen MR) is 109 cm³/mol. The van der Waals surface area contributed by atoms with Crippen molar-refractivity contribution in [3.8, 4) is 0 Å². The fourth-order valence-electron chi connectivity index (χ4n) is 3.83. The molecule has 1 N–H and O–H groups in total. The van der Waals surface area contributed by atoms with E-state index >= 15 is 0 Å². The number of benzene rings is 2. The lowest BCUT2D eigenvalue weighted by Gasteiger charge is -2.40. The van der Waals surface area contributed by atoms with Gasteiger partial charge >= 0.3 is 6.18 Å². The first kappa shape index (κ1) is 22.4. The lowest BCUT2D eigenvalue weighted by Crippen LogP contribution is -2.43. The van der Waals surface area contributed by atoms with Gasteiger partial charge in [-0.25, -0.2) is 4.39 Å². The molecular formula is C22H23ClF4N2O. The number of halogens is 5. The molecule has 1 aliphatic rings. The van der Waals surface area contributed by atoms with E-state index in [-0.39, 0.29) is 24.0 Å². The molecule has 3 rings (SSSR count). The van der Waals surface area contributed by atoms with Crippen molar-refractivity contribution in [2.75, 3.05) is 11.4 Å². The summed E-state index contributed by atoms with van der Waals surface area (Å²) in [5.74, 6) is -0.666. The molecule has 3 nitrogen and oxygen atoms in total. The molecule has 1 amide bonds. The summed E-state index contributed by atoms with van der Waals surface area (Å²) in [4.78, 5) is 14.7. The van der Waals surface area contributed by atoms with Crippen molar-refractivity contribution in [2.24, 2.45) is 5.92 Å². The number of rotatable bonds is 4. The molecule has 8 heteroatoms. The molecule has 0 aliphatic carbocycles. The molecule has 162 valence electrons. The summed E-state index contributed by atoms with van der Waals surface area (Å²) in [6.07, 6.45) is -2.58. The molecule has 1 aliphatic heterocycles. The molecule has 0 radical (unpaired) electrons. The molecular weight excluding hydrogens is 420 g/mol. The van der Waals surface area contributed by atoms with E-state index in [2.05, 4.69) is 24.1 Å². The summed E-state index contributed by atoms with van der Waals surface area (Å²) in [5.41, 5.74) is 0.0591. The van der Waals surface area contributed by atoms with Gasteiger partial charge in [-0.05, 0) is 55.5 Å². The number of hydrogen-bond donors (Lipinski definition) is 1. The minimum absolute atomic E-state index is 0.0403. The van der Waals surface area contributed by atoms with E-state index in [1.807, 2.05) is 0 Å². The first-order valence-electron chi connectivity index (χ1n) is 9.78. The van der Waals surface area contributed by atoms with E-state index in [0.29, 0.717) is 17.2 Å². The van der Waals surface area contributed by atoms with Gasteiger partial charge in [0.15, 0.2) is 0 Å². The Kier molecular flexibility index (Phi) is 6.60. The van der Waals surface area contributed by atoms with Crippen LogP contribution in [0, 0.1) is 11.7 Å². The van der Waals surface area contributed by atoms with E-state index in [9.17, 15) is 22.4 Å². The van der Waals surface area contributed by atoms with E-state index in [1.165, 1.54) is 18.2 Å². The molecule has 0 spiro atoms. The van der Waals surface area contributed by atoms with Crippen molar-refractivity contribution in [2.45, 2.75) is 45.5 Å². The molecule has 2 unspecified atom stereocenters. The Morgan fingerprint density at radius 1 is 1.23 bits per heavy atom. The largest absolute Gasteiger partial charge is 0.417 e. The van der Waals surface area contributed by atoms with Gasteiger partial charge in [0, 0.05) is 24.8 Å². The van der Waals surface area contributed by atoms with Gasteiger partial charge in [0.1, 0.15) is 5.82 Å². The zero-order chi connectivity index (χ0) is 22.1. The van der Waals surface area contributed by atoms with Crippen LogP contribution in [0.3, 0.4) is 0 Å². The van der Waals surface area contributed by atoms with E-state index in [4.69, 9.17) is 11.6 Å². The molecule has 0 saturated carbocycles. The average Bonchev–Trinajstić information content (AvgIpc) is 2.68. The first-order chi connectivity index (χ1) is 14.1. The second kappa shape index (κ2) is 8.84. The third kappa shape index (κ3) is 4.72. The van der Waals surface area contributed by atoms with Gasteiger partial charge in [0.25, 0.3) is 5.91 Å². The number of carbonyl (C=O) groups excluding carboxylic acids is 1. The topological polar surface area (TPSA) is 32.3 Å². The molecule has 1 heterocycles. The standard InChI is InChI=1S/C22H23ClF4N2O/c1-13-5-4-10-29(14(13)2)19-11-16(24)9-8-15(19)12-28-21(30)17-6-3-7-18(20(17)23)22(25,26)27/h3,6-9,11,13-14H,4-5,10,12H2,1-2H3,(H,28,30). The number of alkyl halides is 3. The van der Waals surface area contributed by atoms with Crippen molar-refractivity contribution in [1.82, 2.24) is 5.32 Å². The smallest absolute Gasteiger partial charge is 0.368 e. The number of nitrogens with zero attached hydrogens (tertiary/aromatic N) is 1. The molecule has 2 atom stereocenters. The van der Waals surface area contributed by atoms with Crippen LogP contribution in [0.4, 0.5) is 23.2 Å². The summed E-state index contributed by atoms with van der Waals surface area (Å²) in [7, 11) is 0. The average molecular weight is 443 g/mol. The van der Waals surface area contributed by atoms with Gasteiger partial charge in [-0.1, -0.05) is 30.7 Å². The Morgan fingerprint density at radius 3 is 2.67 bits per heavy atom. The van der Waals surface area contributed by atoms with Gasteiger partial charge in [0.2, 0.25) is 0 Å². The highest BCUT2D eigenvalue weighted by Gasteiger charge is 2.34. The Morgan fingerprint density at radius 2 is 1.97 bits per heavy atom. The van der Waals surface area contributed by atoms with Gasteiger partial charge in [-0.15, -0.1) is 0 Å². The Bertz CT molecular complexity index is 932. The van der Waals surface area contributed by atoms with Crippen molar-refractivity contribution in [3.63, 3.8) is 0 Å². The Labute approximate surface area is 178 Å². The van der Waals surface area contributed by atoms with Crippen LogP contribution in [0.5, 0.6) is 0 Å². The second-order valence-corrected chi connectivity index (χ2v) is 8.05. The number of anilines is 1. The van der Waals surface area contributed by atoms with E-state index in [0.717, 1.165) is 31.5 Å². The zero-order valence-electron chi connectivity index (χ0n) is 16.7. The van der Waals surface area contributed by atoms with Crippen molar-refractivity contribution in [1.29, 1.82) is 0 Å². The minimum Gasteiger partial charge on any atom is -0.368 e. The van der Waals surface area contributed by atoms with Crippen LogP contribution in [0.2, 0.25) is 5.02 Å². The van der Waals surface area contributed by atoms with Crippen LogP contribution in [0.25, 0.3) is 0 Å². The fourth-order valence-corrected chi connectivity index (χ4v) is 4.15. The monoisotopic (exact) mass is 442 g/mol. The molecule has 2 aromatic carbocycles. The Balaban J connectivity index is 1.82. The van der Waals surface area contributed by atoms with E-state index in [1.54, 1.807) is 6.07 Å². The SMILES string of the molecule is CC1CCCN(c2cc(F)ccc2CNC(=O)c2cccc(C(F)(F)F)c2Cl)C1C. The van der Waals surface area contributed by atoms with Crippen LogP contribution in [-0.2, 0) is 12.7 Å². The minimum atomic E-state index is -4.65. The number of hydrogen-bond acceptors (Lipinski definition) is 2. The van der Waals surface area contributed by atoms with Gasteiger partial charge in [-0.3, -0.25) is 4.79 Å². The summed E-state index contributed by atoms with van der Waals surface area (Å²) in [6, 6.07) is 7.75. The van der Waals surface area contributed by atoms with Crippen LogP contribution < -0.4 is 10.2 Å². The number of nitrogens with one attached hydrogen (secondary N) is 1. The molecule has 30 heavy (non-hydrogen) atoms. The maximum Gasteiger partial charge on any atom is 0.417 e. The number of amides is 1. The summed E-state index contributed by atoms with van der Waals surface area (Å²) in [6.45, 7) is 5.04. The lowest BCUT2D eigenvalue weighted by atomic mass is 9.91. The molecule has 1 fully saturated rings. The predicted octanol–water partition coefficient (Wildman–Crippen LogP) is 6.05. The van der Waals surface area contributed by atoms with Gasteiger partial charge < -0.3 is 10.2 Å². The van der Waals surface area contributed by atoms with Crippen molar-refractivity contribution < 1.29 is 22.4 Å². The highest BCUT2D eigenvalue weighted by molar-refractivity contribution is 6.34. The van der Waals surface area contributed by atoms with Crippen LogP contribution >= 0.6 is 11.6 Å². The highest BCUT2D eigenvalue weighted by Crippen LogP contribution is 2.36. The maximum absolute atomic E-state index is 14.0.